The van der Waals surface area contributed by atoms with E-state index in [4.69, 9.17) is 11.6 Å². The second-order valence-corrected chi connectivity index (χ2v) is 6.93. The highest BCUT2D eigenvalue weighted by Gasteiger charge is 2.25. The molecule has 0 saturated carbocycles. The predicted molar refractivity (Wildman–Crippen MR) is 108 cm³/mol. The summed E-state index contributed by atoms with van der Waals surface area (Å²) in [7, 11) is 0. The second-order valence-electron chi connectivity index (χ2n) is 5.52. The Morgan fingerprint density at radius 3 is 2.16 bits per heavy atom. The van der Waals surface area contributed by atoms with Crippen LogP contribution in [0.2, 0.25) is 0 Å². The number of hydrogen-bond donors (Lipinski definition) is 0. The van der Waals surface area contributed by atoms with Crippen LogP contribution >= 0.6 is 23.4 Å². The van der Waals surface area contributed by atoms with E-state index in [1.54, 1.807) is 24.2 Å². The van der Waals surface area contributed by atoms with Crippen molar-refractivity contribution in [1.82, 2.24) is 4.98 Å². The number of para-hydroxylation sites is 1. The van der Waals surface area contributed by atoms with Crippen LogP contribution in [0.25, 0.3) is 9.94 Å². The van der Waals surface area contributed by atoms with Crippen molar-refractivity contribution in [3.05, 3.63) is 108 Å². The van der Waals surface area contributed by atoms with Crippen molar-refractivity contribution in [3.8, 4) is 0 Å². The average Bonchev–Trinajstić information content (AvgIpc) is 3.15. The number of pyridine rings is 1. The minimum Gasteiger partial charge on any atom is -0.309 e. The smallest absolute Gasteiger partial charge is 0.104 e. The van der Waals surface area contributed by atoms with Gasteiger partial charge in [-0.15, -0.1) is 0 Å². The summed E-state index contributed by atoms with van der Waals surface area (Å²) in [6, 6.07) is 24.5. The molecule has 1 aliphatic rings. The third-order valence-corrected chi connectivity index (χ3v) is 5.55. The van der Waals surface area contributed by atoms with Crippen LogP contribution in [0, 0.1) is 0 Å². The fraction of sp³-hybridized carbons (Fsp3) is 0. The molecule has 1 aliphatic heterocycles. The Hall–Kier alpha value is -2.49. The molecule has 0 bridgehead atoms. The number of halogens is 1. The molecular weight excluding hydrogens is 348 g/mol. The predicted octanol–water partition coefficient (Wildman–Crippen LogP) is 6.20. The van der Waals surface area contributed by atoms with Gasteiger partial charge in [0.1, 0.15) is 5.03 Å². The summed E-state index contributed by atoms with van der Waals surface area (Å²) in [5.41, 5.74) is 3.23. The highest BCUT2D eigenvalue weighted by atomic mass is 35.5. The van der Waals surface area contributed by atoms with E-state index < -0.39 is 0 Å². The molecule has 0 spiro atoms. The van der Waals surface area contributed by atoms with Crippen LogP contribution in [0.3, 0.4) is 0 Å². The van der Waals surface area contributed by atoms with Gasteiger partial charge in [-0.05, 0) is 35.4 Å². The molecule has 0 radical (unpaired) electrons. The normalized spacial score (nSPS) is 15.9. The number of aromatic nitrogens is 1. The second kappa shape index (κ2) is 7.18. The largest absolute Gasteiger partial charge is 0.309 e. The zero-order valence-electron chi connectivity index (χ0n) is 13.3. The molecule has 0 atom stereocenters. The van der Waals surface area contributed by atoms with Crippen molar-refractivity contribution in [2.24, 2.45) is 0 Å². The molecule has 0 saturated heterocycles. The summed E-state index contributed by atoms with van der Waals surface area (Å²) in [6.45, 7) is 0. The molecule has 4 rings (SSSR count). The van der Waals surface area contributed by atoms with Crippen molar-refractivity contribution < 1.29 is 0 Å². The van der Waals surface area contributed by atoms with Gasteiger partial charge in [0.2, 0.25) is 0 Å². The lowest BCUT2D eigenvalue weighted by molar-refractivity contribution is 1.28. The molecule has 0 fully saturated rings. The topological polar surface area (TPSA) is 16.1 Å². The summed E-state index contributed by atoms with van der Waals surface area (Å²) >= 11 is 8.45. The highest BCUT2D eigenvalue weighted by molar-refractivity contribution is 8.12. The summed E-state index contributed by atoms with van der Waals surface area (Å²) in [4.78, 5) is 7.40. The SMILES string of the molecule is ClC(=C1SC(c2ccccc2)=CN1c1ccccc1)c1ccncc1. The first-order valence-corrected chi connectivity index (χ1v) is 9.12. The molecule has 25 heavy (non-hydrogen) atoms. The Labute approximate surface area is 156 Å². The van der Waals surface area contributed by atoms with Crippen LogP contribution in [0.1, 0.15) is 11.1 Å². The van der Waals surface area contributed by atoms with Crippen LogP contribution in [-0.4, -0.2) is 4.98 Å². The van der Waals surface area contributed by atoms with Gasteiger partial charge in [0.15, 0.2) is 0 Å². The van der Waals surface area contributed by atoms with Crippen molar-refractivity contribution in [2.75, 3.05) is 4.90 Å². The minimum absolute atomic E-state index is 0.721. The van der Waals surface area contributed by atoms with Gasteiger partial charge in [-0.25, -0.2) is 0 Å². The summed E-state index contributed by atoms with van der Waals surface area (Å²) in [6.07, 6.45) is 5.67. The van der Waals surface area contributed by atoms with Crippen molar-refractivity contribution in [3.63, 3.8) is 0 Å². The standard InChI is InChI=1S/C21H15ClN2S/c22-20(17-11-13-23-14-12-17)21-24(18-9-5-2-6-10-18)15-19(25-21)16-7-3-1-4-8-16/h1-15H. The van der Waals surface area contributed by atoms with Gasteiger partial charge >= 0.3 is 0 Å². The van der Waals surface area contributed by atoms with Crippen molar-refractivity contribution >= 4 is 39.0 Å². The number of rotatable bonds is 3. The third kappa shape index (κ3) is 3.34. The van der Waals surface area contributed by atoms with Crippen LogP contribution in [0.5, 0.6) is 0 Å². The molecule has 0 N–H and O–H groups in total. The van der Waals surface area contributed by atoms with E-state index in [2.05, 4.69) is 52.5 Å². The van der Waals surface area contributed by atoms with Gasteiger partial charge in [-0.2, -0.15) is 0 Å². The van der Waals surface area contributed by atoms with E-state index in [9.17, 15) is 0 Å². The first kappa shape index (κ1) is 16.0. The molecule has 122 valence electrons. The zero-order valence-corrected chi connectivity index (χ0v) is 14.9. The summed E-state index contributed by atoms with van der Waals surface area (Å²) in [5, 5.41) is 1.72. The van der Waals surface area contributed by atoms with Gasteiger partial charge in [-0.3, -0.25) is 4.98 Å². The zero-order chi connectivity index (χ0) is 17.1. The quantitative estimate of drug-likeness (QED) is 0.552. The maximum Gasteiger partial charge on any atom is 0.104 e. The van der Waals surface area contributed by atoms with E-state index in [1.807, 2.05) is 36.4 Å². The Bertz CT molecular complexity index is 922. The molecule has 0 unspecified atom stereocenters. The number of anilines is 1. The van der Waals surface area contributed by atoms with Gasteiger partial charge in [0.25, 0.3) is 0 Å². The molecule has 2 heterocycles. The van der Waals surface area contributed by atoms with E-state index in [-0.39, 0.29) is 0 Å². The van der Waals surface area contributed by atoms with Gasteiger partial charge in [-0.1, -0.05) is 71.9 Å². The first-order valence-electron chi connectivity index (χ1n) is 7.92. The van der Waals surface area contributed by atoms with Crippen molar-refractivity contribution in [1.29, 1.82) is 0 Å². The molecule has 4 heteroatoms. The average molecular weight is 363 g/mol. The van der Waals surface area contributed by atoms with Crippen LogP contribution in [0.15, 0.2) is 96.4 Å². The Balaban J connectivity index is 1.81. The van der Waals surface area contributed by atoms with Crippen LogP contribution < -0.4 is 4.90 Å². The molecular formula is C21H15ClN2S. The highest BCUT2D eigenvalue weighted by Crippen LogP contribution is 2.48. The van der Waals surface area contributed by atoms with E-state index in [0.29, 0.717) is 0 Å². The number of hydrogen-bond acceptors (Lipinski definition) is 3. The van der Waals surface area contributed by atoms with Gasteiger partial charge < -0.3 is 4.90 Å². The van der Waals surface area contributed by atoms with Gasteiger partial charge in [0.05, 0.1) is 5.03 Å². The molecule has 1 aromatic heterocycles. The number of benzene rings is 2. The lowest BCUT2D eigenvalue weighted by Gasteiger charge is -2.19. The lowest BCUT2D eigenvalue weighted by atomic mass is 10.2. The molecule has 3 aromatic rings. The Morgan fingerprint density at radius 1 is 0.840 bits per heavy atom. The van der Waals surface area contributed by atoms with Crippen LogP contribution in [0.4, 0.5) is 5.69 Å². The number of nitrogens with zero attached hydrogens (tertiary/aromatic N) is 2. The van der Waals surface area contributed by atoms with E-state index >= 15 is 0 Å². The fourth-order valence-corrected chi connectivity index (χ4v) is 4.06. The maximum atomic E-state index is 6.77. The maximum absolute atomic E-state index is 6.77. The molecule has 2 nitrogen and oxygen atoms in total. The third-order valence-electron chi connectivity index (χ3n) is 3.89. The number of thioether (sulfide) groups is 1. The fourth-order valence-electron chi connectivity index (χ4n) is 2.64. The monoisotopic (exact) mass is 362 g/mol. The Kier molecular flexibility index (Phi) is 4.59. The van der Waals surface area contributed by atoms with E-state index in [0.717, 1.165) is 21.3 Å². The summed E-state index contributed by atoms with van der Waals surface area (Å²) in [5.74, 6) is 0. The van der Waals surface area contributed by atoms with Crippen molar-refractivity contribution in [2.45, 2.75) is 0 Å². The van der Waals surface area contributed by atoms with Crippen LogP contribution in [-0.2, 0) is 0 Å². The first-order chi connectivity index (χ1) is 12.3. The molecule has 0 amide bonds. The van der Waals surface area contributed by atoms with Gasteiger partial charge in [0, 0.05) is 29.2 Å². The van der Waals surface area contributed by atoms with E-state index in [1.165, 1.54) is 10.5 Å². The Morgan fingerprint density at radius 2 is 1.48 bits per heavy atom. The molecule has 0 aliphatic carbocycles. The lowest BCUT2D eigenvalue weighted by Crippen LogP contribution is -2.10. The minimum atomic E-state index is 0.721. The summed E-state index contributed by atoms with van der Waals surface area (Å²) < 4.78 is 0. The molecule has 2 aromatic carbocycles.